The summed E-state index contributed by atoms with van der Waals surface area (Å²) < 4.78 is 1.93. The first-order chi connectivity index (χ1) is 8.27. The fourth-order valence-corrected chi connectivity index (χ4v) is 1.82. The highest BCUT2D eigenvalue weighted by Crippen LogP contribution is 2.22. The van der Waals surface area contributed by atoms with Crippen molar-refractivity contribution in [3.8, 4) is 0 Å². The molecule has 2 aromatic rings. The molecule has 1 aromatic heterocycles. The minimum Gasteiger partial charge on any atom is -0.397 e. The SMILES string of the molecule is Cc1cccc(N)c1NCCCn1cccn1. The van der Waals surface area contributed by atoms with Crippen LogP contribution in [0.2, 0.25) is 0 Å². The average molecular weight is 230 g/mol. The van der Waals surface area contributed by atoms with Gasteiger partial charge in [-0.3, -0.25) is 4.68 Å². The van der Waals surface area contributed by atoms with E-state index in [0.717, 1.165) is 30.9 Å². The Balaban J connectivity index is 1.82. The van der Waals surface area contributed by atoms with E-state index in [1.54, 1.807) is 6.20 Å². The van der Waals surface area contributed by atoms with Crippen LogP contribution >= 0.6 is 0 Å². The van der Waals surface area contributed by atoms with Crippen LogP contribution < -0.4 is 11.1 Å². The van der Waals surface area contributed by atoms with Gasteiger partial charge in [0.1, 0.15) is 0 Å². The van der Waals surface area contributed by atoms with Crippen LogP contribution in [0.15, 0.2) is 36.7 Å². The van der Waals surface area contributed by atoms with Gasteiger partial charge in [-0.05, 0) is 31.0 Å². The van der Waals surface area contributed by atoms with E-state index < -0.39 is 0 Å². The van der Waals surface area contributed by atoms with Gasteiger partial charge in [0.15, 0.2) is 0 Å². The Morgan fingerprint density at radius 2 is 2.24 bits per heavy atom. The van der Waals surface area contributed by atoms with E-state index in [0.29, 0.717) is 0 Å². The van der Waals surface area contributed by atoms with E-state index in [4.69, 9.17) is 5.73 Å². The fraction of sp³-hybridized carbons (Fsp3) is 0.308. The van der Waals surface area contributed by atoms with Crippen LogP contribution in [0.3, 0.4) is 0 Å². The molecule has 0 spiro atoms. The summed E-state index contributed by atoms with van der Waals surface area (Å²) in [4.78, 5) is 0. The molecular weight excluding hydrogens is 212 g/mol. The topological polar surface area (TPSA) is 55.9 Å². The van der Waals surface area contributed by atoms with Crippen LogP contribution in [0.1, 0.15) is 12.0 Å². The van der Waals surface area contributed by atoms with Crippen LogP contribution in [0.4, 0.5) is 11.4 Å². The van der Waals surface area contributed by atoms with Crippen molar-refractivity contribution in [3.63, 3.8) is 0 Å². The lowest BCUT2D eigenvalue weighted by Gasteiger charge is -2.12. The molecule has 2 rings (SSSR count). The summed E-state index contributed by atoms with van der Waals surface area (Å²) in [6.07, 6.45) is 4.80. The molecule has 4 heteroatoms. The lowest BCUT2D eigenvalue weighted by molar-refractivity contribution is 0.592. The minimum absolute atomic E-state index is 0.809. The van der Waals surface area contributed by atoms with Gasteiger partial charge in [-0.25, -0.2) is 0 Å². The van der Waals surface area contributed by atoms with Gasteiger partial charge >= 0.3 is 0 Å². The second-order valence-electron chi connectivity index (χ2n) is 4.09. The van der Waals surface area contributed by atoms with Gasteiger partial charge < -0.3 is 11.1 Å². The van der Waals surface area contributed by atoms with Crippen molar-refractivity contribution in [2.45, 2.75) is 19.9 Å². The van der Waals surface area contributed by atoms with Crippen molar-refractivity contribution in [3.05, 3.63) is 42.2 Å². The average Bonchev–Trinajstić information content (AvgIpc) is 2.80. The third-order valence-corrected chi connectivity index (χ3v) is 2.73. The third kappa shape index (κ3) is 3.00. The lowest BCUT2D eigenvalue weighted by atomic mass is 10.1. The minimum atomic E-state index is 0.809. The van der Waals surface area contributed by atoms with Crippen molar-refractivity contribution in [2.24, 2.45) is 0 Å². The van der Waals surface area contributed by atoms with Gasteiger partial charge in [-0.2, -0.15) is 5.10 Å². The number of nitrogens with one attached hydrogen (secondary N) is 1. The van der Waals surface area contributed by atoms with Gasteiger partial charge in [0, 0.05) is 25.5 Å². The normalized spacial score (nSPS) is 10.4. The quantitative estimate of drug-likeness (QED) is 0.612. The van der Waals surface area contributed by atoms with E-state index in [-0.39, 0.29) is 0 Å². The Morgan fingerprint density at radius 1 is 1.35 bits per heavy atom. The molecule has 0 atom stereocenters. The zero-order valence-electron chi connectivity index (χ0n) is 10.1. The summed E-state index contributed by atoms with van der Waals surface area (Å²) in [7, 11) is 0. The fourth-order valence-electron chi connectivity index (χ4n) is 1.82. The Bertz CT molecular complexity index is 442. The first kappa shape index (κ1) is 11.5. The van der Waals surface area contributed by atoms with Crippen molar-refractivity contribution >= 4 is 11.4 Å². The molecule has 1 heterocycles. The first-order valence-corrected chi connectivity index (χ1v) is 5.84. The highest BCUT2D eigenvalue weighted by Gasteiger charge is 2.01. The van der Waals surface area contributed by atoms with E-state index in [9.17, 15) is 0 Å². The summed E-state index contributed by atoms with van der Waals surface area (Å²) in [5.74, 6) is 0. The monoisotopic (exact) mass is 230 g/mol. The number of benzene rings is 1. The predicted octanol–water partition coefficient (Wildman–Crippen LogP) is 2.28. The van der Waals surface area contributed by atoms with Crippen LogP contribution in [-0.4, -0.2) is 16.3 Å². The maximum absolute atomic E-state index is 5.92. The Hall–Kier alpha value is -1.97. The maximum Gasteiger partial charge on any atom is 0.0603 e. The molecule has 17 heavy (non-hydrogen) atoms. The van der Waals surface area contributed by atoms with E-state index in [2.05, 4.69) is 23.4 Å². The van der Waals surface area contributed by atoms with Crippen LogP contribution in [0, 0.1) is 6.92 Å². The molecule has 0 aliphatic rings. The van der Waals surface area contributed by atoms with Crippen LogP contribution in [0.5, 0.6) is 0 Å². The molecule has 3 N–H and O–H groups in total. The summed E-state index contributed by atoms with van der Waals surface area (Å²) in [6, 6.07) is 7.89. The predicted molar refractivity (Wildman–Crippen MR) is 70.9 cm³/mol. The number of nitrogen functional groups attached to an aromatic ring is 1. The second kappa shape index (κ2) is 5.39. The highest BCUT2D eigenvalue weighted by molar-refractivity contribution is 5.69. The Morgan fingerprint density at radius 3 is 2.94 bits per heavy atom. The molecule has 0 aliphatic heterocycles. The number of para-hydroxylation sites is 1. The molecule has 0 amide bonds. The number of rotatable bonds is 5. The molecule has 90 valence electrons. The summed E-state index contributed by atoms with van der Waals surface area (Å²) in [5.41, 5.74) is 8.96. The second-order valence-corrected chi connectivity index (χ2v) is 4.09. The van der Waals surface area contributed by atoms with Crippen molar-refractivity contribution in [2.75, 3.05) is 17.6 Å². The molecular formula is C13H18N4. The van der Waals surface area contributed by atoms with Crippen molar-refractivity contribution < 1.29 is 0 Å². The molecule has 0 bridgehead atoms. The molecule has 0 fully saturated rings. The first-order valence-electron chi connectivity index (χ1n) is 5.84. The van der Waals surface area contributed by atoms with E-state index in [1.165, 1.54) is 5.56 Å². The molecule has 4 nitrogen and oxygen atoms in total. The van der Waals surface area contributed by atoms with Crippen LogP contribution in [-0.2, 0) is 6.54 Å². The number of nitrogens with zero attached hydrogens (tertiary/aromatic N) is 2. The molecule has 0 radical (unpaired) electrons. The van der Waals surface area contributed by atoms with Crippen molar-refractivity contribution in [1.29, 1.82) is 0 Å². The van der Waals surface area contributed by atoms with Gasteiger partial charge in [-0.15, -0.1) is 0 Å². The summed E-state index contributed by atoms with van der Waals surface area (Å²) >= 11 is 0. The van der Waals surface area contributed by atoms with E-state index in [1.807, 2.05) is 29.1 Å². The number of nitrogens with two attached hydrogens (primary N) is 1. The van der Waals surface area contributed by atoms with Gasteiger partial charge in [0.25, 0.3) is 0 Å². The Labute approximate surface area is 101 Å². The third-order valence-electron chi connectivity index (χ3n) is 2.73. The number of hydrogen-bond donors (Lipinski definition) is 2. The van der Waals surface area contributed by atoms with Crippen LogP contribution in [0.25, 0.3) is 0 Å². The van der Waals surface area contributed by atoms with E-state index >= 15 is 0 Å². The summed E-state index contributed by atoms with van der Waals surface area (Å²) in [6.45, 7) is 3.88. The highest BCUT2D eigenvalue weighted by atomic mass is 15.3. The molecule has 1 aromatic carbocycles. The maximum atomic E-state index is 5.92. The largest absolute Gasteiger partial charge is 0.397 e. The lowest BCUT2D eigenvalue weighted by Crippen LogP contribution is -2.09. The van der Waals surface area contributed by atoms with Gasteiger partial charge in [-0.1, -0.05) is 12.1 Å². The summed E-state index contributed by atoms with van der Waals surface area (Å²) in [5, 5.41) is 7.54. The standard InChI is InChI=1S/C13H18N4/c1-11-5-2-6-12(14)13(11)15-7-3-9-17-10-4-8-16-17/h2,4-6,8,10,15H,3,7,9,14H2,1H3. The molecule has 0 unspecified atom stereocenters. The van der Waals surface area contributed by atoms with Crippen molar-refractivity contribution in [1.82, 2.24) is 9.78 Å². The number of anilines is 2. The number of hydrogen-bond acceptors (Lipinski definition) is 3. The van der Waals surface area contributed by atoms with Gasteiger partial charge in [0.2, 0.25) is 0 Å². The molecule has 0 saturated heterocycles. The smallest absolute Gasteiger partial charge is 0.0603 e. The molecule has 0 aliphatic carbocycles. The number of aryl methyl sites for hydroxylation is 2. The zero-order chi connectivity index (χ0) is 12.1. The zero-order valence-corrected chi connectivity index (χ0v) is 10.1. The molecule has 0 saturated carbocycles. The Kier molecular flexibility index (Phi) is 3.65. The number of aromatic nitrogens is 2. The van der Waals surface area contributed by atoms with Gasteiger partial charge in [0.05, 0.1) is 11.4 Å².